The van der Waals surface area contributed by atoms with E-state index in [0.717, 1.165) is 28.5 Å². The van der Waals surface area contributed by atoms with Crippen LogP contribution in [-0.2, 0) is 13.0 Å². The van der Waals surface area contributed by atoms with Gasteiger partial charge in [0.05, 0.1) is 6.04 Å². The van der Waals surface area contributed by atoms with Crippen LogP contribution in [0.4, 0.5) is 10.7 Å². The summed E-state index contributed by atoms with van der Waals surface area (Å²) in [6.45, 7) is 3.79. The molecule has 12 nitrogen and oxygen atoms in total. The summed E-state index contributed by atoms with van der Waals surface area (Å²) in [6, 6.07) is 8.92. The number of oxazole rings is 1. The van der Waals surface area contributed by atoms with Crippen LogP contribution in [0.5, 0.6) is 0 Å². The second kappa shape index (κ2) is 10.3. The molecule has 0 saturated heterocycles. The van der Waals surface area contributed by atoms with Crippen molar-refractivity contribution in [3.8, 4) is 0 Å². The third-order valence-corrected chi connectivity index (χ3v) is 6.61. The van der Waals surface area contributed by atoms with Gasteiger partial charge in [-0.25, -0.2) is 19.7 Å². The number of amides is 4. The van der Waals surface area contributed by atoms with Crippen LogP contribution in [0.1, 0.15) is 71.9 Å². The Morgan fingerprint density at radius 2 is 1.82 bits per heavy atom. The van der Waals surface area contributed by atoms with Crippen LogP contribution in [0, 0.1) is 13.8 Å². The van der Waals surface area contributed by atoms with Crippen molar-refractivity contribution in [2.75, 3.05) is 5.32 Å². The SMILES string of the molecule is Cc1nc2cc(CNC(=O)c3cc(C(=O)N[C@H]4CCc5c4ccc(C=O)c5C)nc(NC(N)=O)n3)ccc2o1. The lowest BCUT2D eigenvalue weighted by molar-refractivity contribution is 0.0931. The Morgan fingerprint density at radius 3 is 2.56 bits per heavy atom. The number of rotatable bonds is 7. The summed E-state index contributed by atoms with van der Waals surface area (Å²) in [5.41, 5.74) is 10.5. The number of nitrogens with one attached hydrogen (secondary N) is 3. The molecular formula is C27H25N7O5. The molecule has 0 saturated carbocycles. The van der Waals surface area contributed by atoms with Gasteiger partial charge in [0.15, 0.2) is 11.5 Å². The lowest BCUT2D eigenvalue weighted by Crippen LogP contribution is -2.31. The predicted octanol–water partition coefficient (Wildman–Crippen LogP) is 2.89. The van der Waals surface area contributed by atoms with Crippen LogP contribution < -0.4 is 21.7 Å². The number of urea groups is 1. The van der Waals surface area contributed by atoms with E-state index >= 15 is 0 Å². The Morgan fingerprint density at radius 1 is 1.05 bits per heavy atom. The molecule has 0 bridgehead atoms. The Kier molecular flexibility index (Phi) is 6.75. The van der Waals surface area contributed by atoms with E-state index < -0.39 is 17.8 Å². The summed E-state index contributed by atoms with van der Waals surface area (Å²) in [4.78, 5) is 61.3. The zero-order valence-electron chi connectivity index (χ0n) is 21.2. The van der Waals surface area contributed by atoms with Crippen molar-refractivity contribution in [2.45, 2.75) is 39.3 Å². The van der Waals surface area contributed by atoms with E-state index in [1.165, 1.54) is 6.07 Å². The number of aryl methyl sites for hydroxylation is 1. The van der Waals surface area contributed by atoms with Crippen molar-refractivity contribution in [3.05, 3.63) is 81.5 Å². The Bertz CT molecular complexity index is 1650. The normalized spacial score (nSPS) is 14.1. The largest absolute Gasteiger partial charge is 0.441 e. The van der Waals surface area contributed by atoms with Gasteiger partial charge in [0.1, 0.15) is 23.2 Å². The van der Waals surface area contributed by atoms with Crippen LogP contribution in [0.3, 0.4) is 0 Å². The maximum Gasteiger partial charge on any atom is 0.319 e. The van der Waals surface area contributed by atoms with Crippen molar-refractivity contribution in [2.24, 2.45) is 5.73 Å². The van der Waals surface area contributed by atoms with Gasteiger partial charge in [-0.3, -0.25) is 19.7 Å². The fraction of sp³-hybridized carbons (Fsp3) is 0.222. The molecule has 1 atom stereocenters. The maximum atomic E-state index is 13.2. The van der Waals surface area contributed by atoms with E-state index in [1.807, 2.05) is 13.0 Å². The van der Waals surface area contributed by atoms with Crippen LogP contribution in [-0.4, -0.2) is 39.1 Å². The number of primary amides is 1. The minimum atomic E-state index is -0.943. The van der Waals surface area contributed by atoms with Crippen molar-refractivity contribution in [1.29, 1.82) is 0 Å². The van der Waals surface area contributed by atoms with E-state index in [9.17, 15) is 19.2 Å². The first kappa shape index (κ1) is 25.5. The molecular weight excluding hydrogens is 502 g/mol. The van der Waals surface area contributed by atoms with Crippen LogP contribution in [0.2, 0.25) is 0 Å². The number of hydrogen-bond donors (Lipinski definition) is 4. The van der Waals surface area contributed by atoms with E-state index in [4.69, 9.17) is 10.2 Å². The molecule has 0 fully saturated rings. The number of nitrogens with zero attached hydrogens (tertiary/aromatic N) is 3. The topological polar surface area (TPSA) is 182 Å². The molecule has 2 aromatic carbocycles. The number of fused-ring (bicyclic) bond motifs is 2. The highest BCUT2D eigenvalue weighted by Gasteiger charge is 2.27. The van der Waals surface area contributed by atoms with Crippen molar-refractivity contribution >= 4 is 41.2 Å². The lowest BCUT2D eigenvalue weighted by Gasteiger charge is -2.15. The van der Waals surface area contributed by atoms with E-state index in [0.29, 0.717) is 35.4 Å². The Balaban J connectivity index is 1.35. The third-order valence-electron chi connectivity index (χ3n) is 6.61. The van der Waals surface area contributed by atoms with E-state index in [-0.39, 0.29) is 29.9 Å². The molecule has 0 unspecified atom stereocenters. The summed E-state index contributed by atoms with van der Waals surface area (Å²) in [7, 11) is 0. The molecule has 39 heavy (non-hydrogen) atoms. The fourth-order valence-corrected chi connectivity index (χ4v) is 4.73. The monoisotopic (exact) mass is 527 g/mol. The van der Waals surface area contributed by atoms with Gasteiger partial charge in [0.25, 0.3) is 11.8 Å². The molecule has 5 N–H and O–H groups in total. The first-order chi connectivity index (χ1) is 18.7. The minimum Gasteiger partial charge on any atom is -0.441 e. The standard InChI is InChI=1S/C27H25N7O5/c1-13-16(12-35)4-5-18-17(13)6-7-19(18)31-25(37)22-10-21(32-27(33-22)34-26(28)38)24(36)29-11-15-3-8-23-20(9-15)30-14(2)39-23/h3-5,8-10,12,19H,6-7,11H2,1-2H3,(H,29,36)(H,31,37)(H3,28,32,33,34,38)/t19-/m0/s1. The summed E-state index contributed by atoms with van der Waals surface area (Å²) < 4.78 is 5.47. The zero-order chi connectivity index (χ0) is 27.7. The number of carbonyl (C=O) groups excluding carboxylic acids is 4. The summed E-state index contributed by atoms with van der Waals surface area (Å²) >= 11 is 0. The number of anilines is 1. The molecule has 198 valence electrons. The van der Waals surface area contributed by atoms with Gasteiger partial charge in [0.2, 0.25) is 5.95 Å². The van der Waals surface area contributed by atoms with Gasteiger partial charge < -0.3 is 20.8 Å². The number of hydrogen-bond acceptors (Lipinski definition) is 8. The van der Waals surface area contributed by atoms with Crippen LogP contribution >= 0.6 is 0 Å². The quantitative estimate of drug-likeness (QED) is 0.265. The lowest BCUT2D eigenvalue weighted by atomic mass is 9.98. The molecule has 12 heteroatoms. The Hall–Kier alpha value is -5.13. The van der Waals surface area contributed by atoms with Gasteiger partial charge in [-0.1, -0.05) is 18.2 Å². The molecule has 0 radical (unpaired) electrons. The highest BCUT2D eigenvalue weighted by Crippen LogP contribution is 2.34. The second-order valence-corrected chi connectivity index (χ2v) is 9.20. The molecule has 2 heterocycles. The van der Waals surface area contributed by atoms with Gasteiger partial charge >= 0.3 is 6.03 Å². The number of aromatic nitrogens is 3. The summed E-state index contributed by atoms with van der Waals surface area (Å²) in [6.07, 6.45) is 2.17. The molecule has 4 aromatic rings. The average Bonchev–Trinajstić information content (AvgIpc) is 3.49. The van der Waals surface area contributed by atoms with Crippen molar-refractivity contribution < 1.29 is 23.6 Å². The van der Waals surface area contributed by atoms with E-state index in [2.05, 4.69) is 30.9 Å². The highest BCUT2D eigenvalue weighted by atomic mass is 16.3. The van der Waals surface area contributed by atoms with Crippen LogP contribution in [0.15, 0.2) is 40.8 Å². The number of nitrogens with two attached hydrogens (primary N) is 1. The molecule has 4 amide bonds. The highest BCUT2D eigenvalue weighted by molar-refractivity contribution is 5.98. The fourth-order valence-electron chi connectivity index (χ4n) is 4.73. The van der Waals surface area contributed by atoms with Crippen molar-refractivity contribution in [3.63, 3.8) is 0 Å². The molecule has 1 aliphatic carbocycles. The smallest absolute Gasteiger partial charge is 0.319 e. The minimum absolute atomic E-state index is 0.118. The van der Waals surface area contributed by atoms with E-state index in [1.54, 1.807) is 31.2 Å². The predicted molar refractivity (Wildman–Crippen MR) is 140 cm³/mol. The number of carbonyl (C=O) groups is 4. The number of aldehydes is 1. The van der Waals surface area contributed by atoms with Crippen molar-refractivity contribution in [1.82, 2.24) is 25.6 Å². The van der Waals surface area contributed by atoms with Gasteiger partial charge in [-0.05, 0) is 54.2 Å². The molecule has 5 rings (SSSR count). The average molecular weight is 528 g/mol. The Labute approximate surface area is 222 Å². The van der Waals surface area contributed by atoms with Gasteiger partial charge in [-0.15, -0.1) is 0 Å². The molecule has 2 aromatic heterocycles. The summed E-state index contributed by atoms with van der Waals surface area (Å²) in [5.74, 6) is -0.882. The van der Waals surface area contributed by atoms with Crippen LogP contribution in [0.25, 0.3) is 11.1 Å². The van der Waals surface area contributed by atoms with Gasteiger partial charge in [-0.2, -0.15) is 0 Å². The molecule has 0 aliphatic heterocycles. The summed E-state index contributed by atoms with van der Waals surface area (Å²) in [5, 5.41) is 7.90. The maximum absolute atomic E-state index is 13.2. The third kappa shape index (κ3) is 5.30. The second-order valence-electron chi connectivity index (χ2n) is 9.20. The number of benzene rings is 2. The molecule has 1 aliphatic rings. The first-order valence-corrected chi connectivity index (χ1v) is 12.2. The van der Waals surface area contributed by atoms with Gasteiger partial charge in [0, 0.05) is 25.1 Å². The zero-order valence-corrected chi connectivity index (χ0v) is 21.2. The first-order valence-electron chi connectivity index (χ1n) is 12.2. The molecule has 0 spiro atoms.